The average Bonchev–Trinajstić information content (AvgIpc) is 3.08. The van der Waals surface area contributed by atoms with Gasteiger partial charge in [0.2, 0.25) is 0 Å². The third kappa shape index (κ3) is 3.47. The maximum absolute atomic E-state index is 13.0. The summed E-state index contributed by atoms with van der Waals surface area (Å²) in [5, 5.41) is 15.8. The molecule has 0 atom stereocenters. The minimum absolute atomic E-state index is 0.137. The van der Waals surface area contributed by atoms with Gasteiger partial charge >= 0.3 is 5.97 Å². The van der Waals surface area contributed by atoms with Crippen LogP contribution in [0.2, 0.25) is 0 Å². The lowest BCUT2D eigenvalue weighted by atomic mass is 9.48. The molecule has 7 nitrogen and oxygen atoms in total. The zero-order valence-corrected chi connectivity index (χ0v) is 18.9. The molecule has 6 rings (SSSR count). The van der Waals surface area contributed by atoms with Crippen LogP contribution in [0.1, 0.15) is 44.1 Å². The number of nitrogens with one attached hydrogen (secondary N) is 2. The maximum Gasteiger partial charge on any atom is 0.337 e. The van der Waals surface area contributed by atoms with Crippen molar-refractivity contribution in [1.82, 2.24) is 4.90 Å². The van der Waals surface area contributed by atoms with Crippen LogP contribution in [0.3, 0.4) is 0 Å². The standard InChI is InChI=1S/C25H33N3O4/c1-26-20-4-3-18(25-11-15-7-16(12-25)9-17(8-15)13-25)10-21(20)27-22-19(24(31)32-2)14-28(5-6-29)23(22)30/h3-4,10,15-17,26-27,29H,5-9,11-14H2,1-2H3. The molecule has 0 unspecified atom stereocenters. The van der Waals surface area contributed by atoms with Crippen LogP contribution >= 0.6 is 0 Å². The van der Waals surface area contributed by atoms with Crippen molar-refractivity contribution in [2.45, 2.75) is 43.9 Å². The molecular weight excluding hydrogens is 406 g/mol. The summed E-state index contributed by atoms with van der Waals surface area (Å²) in [7, 11) is 3.17. The van der Waals surface area contributed by atoms with Crippen molar-refractivity contribution >= 4 is 23.3 Å². The molecule has 5 aliphatic rings. The fourth-order valence-corrected chi connectivity index (χ4v) is 7.14. The largest absolute Gasteiger partial charge is 0.466 e. The smallest absolute Gasteiger partial charge is 0.337 e. The topological polar surface area (TPSA) is 90.9 Å². The lowest BCUT2D eigenvalue weighted by Gasteiger charge is -2.57. The number of rotatable bonds is 7. The van der Waals surface area contributed by atoms with E-state index in [2.05, 4.69) is 28.8 Å². The normalized spacial score (nSPS) is 30.8. The number of ether oxygens (including phenoxy) is 1. The summed E-state index contributed by atoms with van der Waals surface area (Å²) in [6.07, 6.45) is 7.96. The number of benzene rings is 1. The summed E-state index contributed by atoms with van der Waals surface area (Å²) in [5.41, 5.74) is 3.80. The van der Waals surface area contributed by atoms with E-state index in [-0.39, 0.29) is 36.7 Å². The molecule has 1 aromatic rings. The molecule has 172 valence electrons. The monoisotopic (exact) mass is 439 g/mol. The minimum atomic E-state index is -0.524. The van der Waals surface area contributed by atoms with Gasteiger partial charge < -0.3 is 25.4 Å². The predicted molar refractivity (Wildman–Crippen MR) is 122 cm³/mol. The van der Waals surface area contributed by atoms with E-state index in [1.165, 1.54) is 56.1 Å². The number of carbonyl (C=O) groups is 2. The molecule has 3 N–H and O–H groups in total. The molecule has 1 amide bonds. The number of esters is 1. The Balaban J connectivity index is 1.49. The lowest BCUT2D eigenvalue weighted by molar-refractivity contribution is -0.136. The number of β-amino-alcohol motifs (C(OH)–C–C–N with tert-alkyl or cyclic N) is 1. The first-order chi connectivity index (χ1) is 15.5. The number of nitrogens with zero attached hydrogens (tertiary/aromatic N) is 1. The summed E-state index contributed by atoms with van der Waals surface area (Å²) in [6, 6.07) is 6.51. The minimum Gasteiger partial charge on any atom is -0.466 e. The van der Waals surface area contributed by atoms with Crippen molar-refractivity contribution in [3.8, 4) is 0 Å². The summed E-state index contributed by atoms with van der Waals surface area (Å²) in [6.45, 7) is 0.158. The number of carbonyl (C=O) groups excluding carboxylic acids is 2. The molecule has 1 heterocycles. The summed E-state index contributed by atoms with van der Waals surface area (Å²) >= 11 is 0. The Hall–Kier alpha value is -2.54. The van der Waals surface area contributed by atoms with Crippen LogP contribution in [0.4, 0.5) is 11.4 Å². The van der Waals surface area contributed by atoms with Crippen molar-refractivity contribution in [3.05, 3.63) is 35.0 Å². The van der Waals surface area contributed by atoms with Crippen molar-refractivity contribution in [2.75, 3.05) is 44.5 Å². The van der Waals surface area contributed by atoms with Gasteiger partial charge in [0.1, 0.15) is 5.70 Å². The van der Waals surface area contributed by atoms with Gasteiger partial charge in [-0.1, -0.05) is 6.07 Å². The van der Waals surface area contributed by atoms with Gasteiger partial charge in [-0.25, -0.2) is 4.79 Å². The van der Waals surface area contributed by atoms with Gasteiger partial charge in [-0.3, -0.25) is 4.79 Å². The van der Waals surface area contributed by atoms with Crippen LogP contribution in [-0.2, 0) is 19.7 Å². The van der Waals surface area contributed by atoms with Crippen LogP contribution in [0, 0.1) is 17.8 Å². The quantitative estimate of drug-likeness (QED) is 0.566. The van der Waals surface area contributed by atoms with Crippen molar-refractivity contribution < 1.29 is 19.4 Å². The molecule has 1 aliphatic heterocycles. The molecule has 7 heteroatoms. The van der Waals surface area contributed by atoms with Gasteiger partial charge in [0.15, 0.2) is 0 Å². The Kier molecular flexibility index (Phi) is 5.40. The number of aliphatic hydroxyl groups excluding tert-OH is 1. The second-order valence-corrected chi connectivity index (χ2v) is 10.1. The Bertz CT molecular complexity index is 935. The van der Waals surface area contributed by atoms with Crippen LogP contribution in [-0.4, -0.2) is 55.7 Å². The summed E-state index contributed by atoms with van der Waals surface area (Å²) < 4.78 is 4.93. The molecule has 0 radical (unpaired) electrons. The van der Waals surface area contributed by atoms with E-state index in [0.29, 0.717) is 5.57 Å². The highest BCUT2D eigenvalue weighted by atomic mass is 16.5. The van der Waals surface area contributed by atoms with Crippen LogP contribution in [0.15, 0.2) is 29.5 Å². The molecule has 0 aromatic heterocycles. The van der Waals surface area contributed by atoms with Crippen LogP contribution in [0.25, 0.3) is 0 Å². The molecular formula is C25H33N3O4. The maximum atomic E-state index is 13.0. The van der Waals surface area contributed by atoms with E-state index >= 15 is 0 Å². The first kappa shape index (κ1) is 21.3. The highest BCUT2D eigenvalue weighted by Crippen LogP contribution is 2.61. The number of aliphatic hydroxyl groups is 1. The van der Waals surface area contributed by atoms with Gasteiger partial charge in [0.25, 0.3) is 5.91 Å². The van der Waals surface area contributed by atoms with Crippen LogP contribution < -0.4 is 10.6 Å². The van der Waals surface area contributed by atoms with Gasteiger partial charge in [0, 0.05) is 13.6 Å². The van der Waals surface area contributed by atoms with E-state index in [1.807, 2.05) is 7.05 Å². The Labute approximate surface area is 189 Å². The summed E-state index contributed by atoms with van der Waals surface area (Å²) in [5.74, 6) is 1.72. The summed E-state index contributed by atoms with van der Waals surface area (Å²) in [4.78, 5) is 26.9. The second-order valence-electron chi connectivity index (χ2n) is 10.1. The third-order valence-corrected chi connectivity index (χ3v) is 8.15. The Morgan fingerprint density at radius 2 is 1.81 bits per heavy atom. The lowest BCUT2D eigenvalue weighted by Crippen LogP contribution is -2.48. The number of anilines is 2. The van der Waals surface area contributed by atoms with E-state index in [0.717, 1.165) is 29.1 Å². The van der Waals surface area contributed by atoms with Gasteiger partial charge in [-0.2, -0.15) is 0 Å². The van der Waals surface area contributed by atoms with E-state index in [9.17, 15) is 14.7 Å². The molecule has 0 spiro atoms. The SMILES string of the molecule is CNc1ccc(C23CC4CC(CC(C4)C2)C3)cc1NC1=C(C(=O)OC)CN(CCO)C1=O. The zero-order chi connectivity index (χ0) is 22.5. The molecule has 4 bridgehead atoms. The molecule has 1 aromatic carbocycles. The average molecular weight is 440 g/mol. The fraction of sp³-hybridized carbons (Fsp3) is 0.600. The molecule has 4 fully saturated rings. The van der Waals surface area contributed by atoms with Crippen molar-refractivity contribution in [2.24, 2.45) is 17.8 Å². The van der Waals surface area contributed by atoms with E-state index in [1.54, 1.807) is 0 Å². The number of hydrogen-bond acceptors (Lipinski definition) is 6. The fourth-order valence-electron chi connectivity index (χ4n) is 7.14. The highest BCUT2D eigenvalue weighted by molar-refractivity contribution is 6.09. The number of amides is 1. The van der Waals surface area contributed by atoms with Gasteiger partial charge in [-0.15, -0.1) is 0 Å². The van der Waals surface area contributed by atoms with Gasteiger partial charge in [0.05, 0.1) is 37.2 Å². The third-order valence-electron chi connectivity index (χ3n) is 8.15. The highest BCUT2D eigenvalue weighted by Gasteiger charge is 2.51. The van der Waals surface area contributed by atoms with E-state index < -0.39 is 5.97 Å². The second kappa shape index (κ2) is 8.10. The van der Waals surface area contributed by atoms with Gasteiger partial charge in [-0.05, 0) is 79.4 Å². The molecule has 4 saturated carbocycles. The zero-order valence-electron chi connectivity index (χ0n) is 18.9. The number of hydrogen-bond donors (Lipinski definition) is 3. The van der Waals surface area contributed by atoms with Crippen LogP contribution in [0.5, 0.6) is 0 Å². The number of methoxy groups -OCH3 is 1. The van der Waals surface area contributed by atoms with E-state index in [4.69, 9.17) is 4.74 Å². The first-order valence-electron chi connectivity index (χ1n) is 11.8. The Morgan fingerprint density at radius 1 is 1.16 bits per heavy atom. The predicted octanol–water partition coefficient (Wildman–Crippen LogP) is 2.87. The molecule has 32 heavy (non-hydrogen) atoms. The van der Waals surface area contributed by atoms with Crippen molar-refractivity contribution in [1.29, 1.82) is 0 Å². The molecule has 0 saturated heterocycles. The molecule has 4 aliphatic carbocycles. The first-order valence-corrected chi connectivity index (χ1v) is 11.8. The Morgan fingerprint density at radius 3 is 2.38 bits per heavy atom. The van der Waals surface area contributed by atoms with Crippen molar-refractivity contribution in [3.63, 3.8) is 0 Å².